The summed E-state index contributed by atoms with van der Waals surface area (Å²) in [6.07, 6.45) is 1.46. The van der Waals surface area contributed by atoms with E-state index < -0.39 is 0 Å². The fourth-order valence-corrected chi connectivity index (χ4v) is 2.30. The number of hydrogen-bond donors (Lipinski definition) is 1. The van der Waals surface area contributed by atoms with Crippen molar-refractivity contribution in [3.8, 4) is 6.07 Å². The van der Waals surface area contributed by atoms with Crippen LogP contribution in [0.1, 0.15) is 11.4 Å². The molecule has 0 bridgehead atoms. The smallest absolute Gasteiger partial charge is 0.145 e. The maximum Gasteiger partial charge on any atom is 0.145 e. The summed E-state index contributed by atoms with van der Waals surface area (Å²) in [6.45, 7) is 0. The molecule has 4 nitrogen and oxygen atoms in total. The summed E-state index contributed by atoms with van der Waals surface area (Å²) in [5.41, 5.74) is 5.94. The monoisotopic (exact) mass is 320 g/mol. The topological polar surface area (TPSA) is 75.6 Å². The molecule has 90 valence electrons. The lowest BCUT2D eigenvalue weighted by Gasteiger charge is -2.02. The summed E-state index contributed by atoms with van der Waals surface area (Å²) < 4.78 is 1.05. The van der Waals surface area contributed by atoms with Crippen molar-refractivity contribution in [2.45, 2.75) is 10.6 Å². The molecule has 2 N–H and O–H groups in total. The van der Waals surface area contributed by atoms with Crippen LogP contribution in [0.25, 0.3) is 0 Å². The minimum atomic E-state index is 0.235. The Labute approximate surface area is 117 Å². The molecule has 18 heavy (non-hydrogen) atoms. The average molecular weight is 321 g/mol. The lowest BCUT2D eigenvalue weighted by atomic mass is 10.3. The number of benzene rings is 1. The Morgan fingerprint density at radius 3 is 2.67 bits per heavy atom. The fraction of sp³-hybridized carbons (Fsp3) is 0.0833. The number of nitriles is 1. The van der Waals surface area contributed by atoms with E-state index in [-0.39, 0.29) is 5.82 Å². The van der Waals surface area contributed by atoms with Crippen molar-refractivity contribution < 1.29 is 0 Å². The molecule has 0 amide bonds. The Morgan fingerprint density at radius 2 is 2.06 bits per heavy atom. The molecule has 0 saturated carbocycles. The zero-order valence-electron chi connectivity index (χ0n) is 9.30. The Kier molecular flexibility index (Phi) is 4.18. The summed E-state index contributed by atoms with van der Waals surface area (Å²) >= 11 is 5.01. The standard InChI is InChI=1S/C12H9BrN4S/c13-9-1-3-10(4-2-9)18-7-11-16-6-8(5-14)12(15)17-11/h1-4,6H,7H2,(H2,15,16,17). The first kappa shape index (κ1) is 12.9. The van der Waals surface area contributed by atoms with E-state index in [0.29, 0.717) is 17.1 Å². The van der Waals surface area contributed by atoms with E-state index in [2.05, 4.69) is 25.9 Å². The highest BCUT2D eigenvalue weighted by atomic mass is 79.9. The lowest BCUT2D eigenvalue weighted by Crippen LogP contribution is -2.00. The first-order valence-corrected chi connectivity index (χ1v) is 6.87. The molecule has 0 saturated heterocycles. The van der Waals surface area contributed by atoms with Crippen molar-refractivity contribution in [2.75, 3.05) is 5.73 Å². The van der Waals surface area contributed by atoms with Gasteiger partial charge < -0.3 is 5.73 Å². The number of nitrogens with two attached hydrogens (primary N) is 1. The molecule has 0 aliphatic heterocycles. The van der Waals surface area contributed by atoms with Crippen LogP contribution < -0.4 is 5.73 Å². The second-order valence-corrected chi connectivity index (χ2v) is 5.40. The van der Waals surface area contributed by atoms with Crippen LogP contribution in [0.5, 0.6) is 0 Å². The number of aromatic nitrogens is 2. The maximum absolute atomic E-state index is 8.72. The van der Waals surface area contributed by atoms with Crippen molar-refractivity contribution in [3.63, 3.8) is 0 Å². The second-order valence-electron chi connectivity index (χ2n) is 3.44. The molecule has 0 radical (unpaired) electrons. The molecule has 0 unspecified atom stereocenters. The second kappa shape index (κ2) is 5.85. The number of thioether (sulfide) groups is 1. The Morgan fingerprint density at radius 1 is 1.33 bits per heavy atom. The van der Waals surface area contributed by atoms with Crippen molar-refractivity contribution in [3.05, 3.63) is 46.3 Å². The van der Waals surface area contributed by atoms with Gasteiger partial charge in [0.2, 0.25) is 0 Å². The highest BCUT2D eigenvalue weighted by Gasteiger charge is 2.04. The van der Waals surface area contributed by atoms with E-state index in [1.54, 1.807) is 11.8 Å². The van der Waals surface area contributed by atoms with Crippen LogP contribution in [-0.4, -0.2) is 9.97 Å². The van der Waals surface area contributed by atoms with Gasteiger partial charge in [-0.1, -0.05) is 15.9 Å². The molecule has 1 aromatic heterocycles. The molecular weight excluding hydrogens is 312 g/mol. The van der Waals surface area contributed by atoms with E-state index >= 15 is 0 Å². The minimum absolute atomic E-state index is 0.235. The van der Waals surface area contributed by atoms with Crippen LogP contribution in [0, 0.1) is 11.3 Å². The normalized spacial score (nSPS) is 10.0. The van der Waals surface area contributed by atoms with Crippen molar-refractivity contribution in [1.82, 2.24) is 9.97 Å². The van der Waals surface area contributed by atoms with Crippen molar-refractivity contribution in [1.29, 1.82) is 5.26 Å². The van der Waals surface area contributed by atoms with Crippen LogP contribution >= 0.6 is 27.7 Å². The molecule has 0 spiro atoms. The van der Waals surface area contributed by atoms with Gasteiger partial charge in [0.05, 0.1) is 11.9 Å². The van der Waals surface area contributed by atoms with Gasteiger partial charge in [0.1, 0.15) is 23.3 Å². The molecule has 1 heterocycles. The first-order chi connectivity index (χ1) is 8.69. The molecule has 0 aliphatic carbocycles. The summed E-state index contributed by atoms with van der Waals surface area (Å²) in [7, 11) is 0. The Hall–Kier alpha value is -1.58. The van der Waals surface area contributed by atoms with Crippen LogP contribution in [0.15, 0.2) is 39.8 Å². The van der Waals surface area contributed by atoms with Gasteiger partial charge in [-0.05, 0) is 24.3 Å². The number of anilines is 1. The molecular formula is C12H9BrN4S. The SMILES string of the molecule is N#Cc1cnc(CSc2ccc(Br)cc2)nc1N. The van der Waals surface area contributed by atoms with E-state index in [1.807, 2.05) is 30.3 Å². The first-order valence-electron chi connectivity index (χ1n) is 5.09. The molecule has 2 rings (SSSR count). The number of halogens is 1. The van der Waals surface area contributed by atoms with Gasteiger partial charge in [-0.3, -0.25) is 0 Å². The Bertz CT molecular complexity index is 592. The van der Waals surface area contributed by atoms with E-state index in [9.17, 15) is 0 Å². The maximum atomic E-state index is 8.72. The van der Waals surface area contributed by atoms with Gasteiger partial charge in [-0.25, -0.2) is 9.97 Å². The zero-order chi connectivity index (χ0) is 13.0. The van der Waals surface area contributed by atoms with E-state index in [1.165, 1.54) is 6.20 Å². The van der Waals surface area contributed by atoms with Gasteiger partial charge in [-0.15, -0.1) is 11.8 Å². The summed E-state index contributed by atoms with van der Waals surface area (Å²) in [5, 5.41) is 8.72. The number of nitrogen functional groups attached to an aromatic ring is 1. The quantitative estimate of drug-likeness (QED) is 0.880. The van der Waals surface area contributed by atoms with Crippen molar-refractivity contribution in [2.24, 2.45) is 0 Å². The van der Waals surface area contributed by atoms with Gasteiger partial charge in [-0.2, -0.15) is 5.26 Å². The van der Waals surface area contributed by atoms with E-state index in [0.717, 1.165) is 9.37 Å². The largest absolute Gasteiger partial charge is 0.382 e. The van der Waals surface area contributed by atoms with Gasteiger partial charge in [0.25, 0.3) is 0 Å². The minimum Gasteiger partial charge on any atom is -0.382 e. The van der Waals surface area contributed by atoms with Crippen LogP contribution in [-0.2, 0) is 5.75 Å². The number of rotatable bonds is 3. The highest BCUT2D eigenvalue weighted by molar-refractivity contribution is 9.10. The highest BCUT2D eigenvalue weighted by Crippen LogP contribution is 2.23. The third-order valence-corrected chi connectivity index (χ3v) is 3.71. The molecule has 6 heteroatoms. The third-order valence-electron chi connectivity index (χ3n) is 2.17. The van der Waals surface area contributed by atoms with Gasteiger partial charge in [0, 0.05) is 9.37 Å². The van der Waals surface area contributed by atoms with Crippen LogP contribution in [0.4, 0.5) is 5.82 Å². The van der Waals surface area contributed by atoms with Gasteiger partial charge in [0.15, 0.2) is 0 Å². The summed E-state index contributed by atoms with van der Waals surface area (Å²) in [5.74, 6) is 1.48. The molecule has 1 aromatic carbocycles. The average Bonchev–Trinajstić information content (AvgIpc) is 2.38. The predicted molar refractivity (Wildman–Crippen MR) is 74.9 cm³/mol. The summed E-state index contributed by atoms with van der Waals surface area (Å²) in [4.78, 5) is 9.32. The molecule has 2 aromatic rings. The van der Waals surface area contributed by atoms with E-state index in [4.69, 9.17) is 11.0 Å². The predicted octanol–water partition coefficient (Wildman–Crippen LogP) is 2.99. The Balaban J connectivity index is 2.04. The fourth-order valence-electron chi connectivity index (χ4n) is 1.27. The number of nitrogens with zero attached hydrogens (tertiary/aromatic N) is 3. The zero-order valence-corrected chi connectivity index (χ0v) is 11.7. The van der Waals surface area contributed by atoms with Gasteiger partial charge >= 0.3 is 0 Å². The molecule has 0 atom stereocenters. The number of hydrogen-bond acceptors (Lipinski definition) is 5. The molecule has 0 fully saturated rings. The van der Waals surface area contributed by atoms with Crippen LogP contribution in [0.3, 0.4) is 0 Å². The summed E-state index contributed by atoms with van der Waals surface area (Å²) in [6, 6.07) is 9.94. The van der Waals surface area contributed by atoms with Crippen LogP contribution in [0.2, 0.25) is 0 Å². The van der Waals surface area contributed by atoms with Crippen molar-refractivity contribution >= 4 is 33.5 Å². The lowest BCUT2D eigenvalue weighted by molar-refractivity contribution is 1.03. The third kappa shape index (κ3) is 3.22. The molecule has 0 aliphatic rings.